The Balaban J connectivity index is 1.82. The van der Waals surface area contributed by atoms with Crippen LogP contribution in [0.1, 0.15) is 10.4 Å². The van der Waals surface area contributed by atoms with Crippen molar-refractivity contribution in [3.05, 3.63) is 70.9 Å². The van der Waals surface area contributed by atoms with Gasteiger partial charge in [0, 0.05) is 0 Å². The fraction of sp³-hybridized carbons (Fsp3) is 0.0588. The first kappa shape index (κ1) is 15.9. The molecule has 2 N–H and O–H groups in total. The highest BCUT2D eigenvalue weighted by Crippen LogP contribution is 2.31. The number of para-hydroxylation sites is 2. The zero-order valence-corrected chi connectivity index (χ0v) is 13.0. The maximum Gasteiger partial charge on any atom is 0.355 e. The SMILES string of the molecule is O=C1O[C@H](OC(=O)c2ccccc2)C(Nc2ccccc2O)=C1Cl. The number of phenols is 1. The van der Waals surface area contributed by atoms with Gasteiger partial charge in [-0.25, -0.2) is 9.59 Å². The van der Waals surface area contributed by atoms with Crippen molar-refractivity contribution in [2.24, 2.45) is 0 Å². The van der Waals surface area contributed by atoms with Gasteiger partial charge in [-0.15, -0.1) is 0 Å². The second-order valence-electron chi connectivity index (χ2n) is 4.88. The molecule has 1 heterocycles. The third-order valence-corrected chi connectivity index (χ3v) is 3.62. The maximum atomic E-state index is 12.1. The number of aromatic hydroxyl groups is 1. The quantitative estimate of drug-likeness (QED) is 0.654. The summed E-state index contributed by atoms with van der Waals surface area (Å²) in [6, 6.07) is 14.6. The number of hydrogen-bond acceptors (Lipinski definition) is 6. The lowest BCUT2D eigenvalue weighted by Gasteiger charge is -2.16. The molecule has 1 aliphatic rings. The van der Waals surface area contributed by atoms with Gasteiger partial charge in [0.2, 0.25) is 0 Å². The highest BCUT2D eigenvalue weighted by Gasteiger charge is 2.37. The van der Waals surface area contributed by atoms with E-state index in [0.717, 1.165) is 0 Å². The number of esters is 2. The molecule has 6 nitrogen and oxygen atoms in total. The van der Waals surface area contributed by atoms with Crippen molar-refractivity contribution in [1.82, 2.24) is 0 Å². The zero-order valence-electron chi connectivity index (χ0n) is 12.2. The first-order chi connectivity index (χ1) is 11.6. The molecule has 0 saturated carbocycles. The molecule has 122 valence electrons. The summed E-state index contributed by atoms with van der Waals surface area (Å²) in [7, 11) is 0. The van der Waals surface area contributed by atoms with Crippen LogP contribution in [-0.2, 0) is 14.3 Å². The van der Waals surface area contributed by atoms with Crippen molar-refractivity contribution < 1.29 is 24.2 Å². The predicted molar refractivity (Wildman–Crippen MR) is 86.3 cm³/mol. The van der Waals surface area contributed by atoms with Crippen LogP contribution >= 0.6 is 11.6 Å². The molecule has 0 aliphatic carbocycles. The smallest absolute Gasteiger partial charge is 0.355 e. The number of rotatable bonds is 4. The summed E-state index contributed by atoms with van der Waals surface area (Å²) >= 11 is 5.92. The normalized spacial score (nSPS) is 16.7. The van der Waals surface area contributed by atoms with Gasteiger partial charge in [-0.05, 0) is 24.3 Å². The number of anilines is 1. The van der Waals surface area contributed by atoms with Crippen LogP contribution < -0.4 is 5.32 Å². The summed E-state index contributed by atoms with van der Waals surface area (Å²) in [5, 5.41) is 12.3. The van der Waals surface area contributed by atoms with Gasteiger partial charge in [-0.3, -0.25) is 0 Å². The monoisotopic (exact) mass is 345 g/mol. The number of halogens is 1. The predicted octanol–water partition coefficient (Wildman–Crippen LogP) is 2.99. The number of hydrogen-bond donors (Lipinski definition) is 2. The number of nitrogens with one attached hydrogen (secondary N) is 1. The van der Waals surface area contributed by atoms with E-state index in [2.05, 4.69) is 5.32 Å². The first-order valence-corrected chi connectivity index (χ1v) is 7.36. The number of benzene rings is 2. The third-order valence-electron chi connectivity index (χ3n) is 3.26. The molecule has 2 aromatic rings. The summed E-state index contributed by atoms with van der Waals surface area (Å²) < 4.78 is 10.2. The van der Waals surface area contributed by atoms with E-state index in [4.69, 9.17) is 21.1 Å². The minimum absolute atomic E-state index is 0.0486. The Morgan fingerprint density at radius 2 is 1.79 bits per heavy atom. The molecule has 24 heavy (non-hydrogen) atoms. The van der Waals surface area contributed by atoms with Crippen LogP contribution in [-0.4, -0.2) is 23.3 Å². The minimum Gasteiger partial charge on any atom is -0.506 e. The largest absolute Gasteiger partial charge is 0.506 e. The molecule has 0 bridgehead atoms. The molecular weight excluding hydrogens is 334 g/mol. The minimum atomic E-state index is -1.32. The summed E-state index contributed by atoms with van der Waals surface area (Å²) in [4.78, 5) is 23.8. The molecule has 0 fully saturated rings. The topological polar surface area (TPSA) is 84.9 Å². The highest BCUT2D eigenvalue weighted by atomic mass is 35.5. The van der Waals surface area contributed by atoms with Gasteiger partial charge in [-0.1, -0.05) is 41.9 Å². The molecule has 0 spiro atoms. The molecule has 0 amide bonds. The third kappa shape index (κ3) is 3.18. The number of phenolic OH excluding ortho intramolecular Hbond substituents is 1. The Bertz CT molecular complexity index is 819. The second kappa shape index (κ2) is 6.64. The van der Waals surface area contributed by atoms with E-state index in [1.165, 1.54) is 6.07 Å². The van der Waals surface area contributed by atoms with Crippen LogP contribution in [0.5, 0.6) is 5.75 Å². The molecule has 1 atom stereocenters. The van der Waals surface area contributed by atoms with E-state index >= 15 is 0 Å². The van der Waals surface area contributed by atoms with E-state index in [1.807, 2.05) is 0 Å². The van der Waals surface area contributed by atoms with Gasteiger partial charge < -0.3 is 19.9 Å². The van der Waals surface area contributed by atoms with Crippen molar-refractivity contribution in [3.8, 4) is 5.75 Å². The van der Waals surface area contributed by atoms with Gasteiger partial charge in [0.25, 0.3) is 6.29 Å². The van der Waals surface area contributed by atoms with E-state index in [1.54, 1.807) is 48.5 Å². The van der Waals surface area contributed by atoms with E-state index in [-0.39, 0.29) is 16.5 Å². The average Bonchev–Trinajstić information content (AvgIpc) is 2.85. The lowest BCUT2D eigenvalue weighted by molar-refractivity contribution is -0.152. The van der Waals surface area contributed by atoms with Gasteiger partial charge in [0.05, 0.1) is 11.3 Å². The van der Waals surface area contributed by atoms with Crippen molar-refractivity contribution in [2.45, 2.75) is 6.29 Å². The molecule has 0 radical (unpaired) electrons. The van der Waals surface area contributed by atoms with Crippen LogP contribution in [0.4, 0.5) is 5.69 Å². The standard InChI is InChI=1S/C17H12ClNO5/c18-13-14(19-11-8-4-5-9-12(11)20)17(24-16(13)22)23-15(21)10-6-2-1-3-7-10/h1-9,17,19-20H/t17-/m0/s1. The first-order valence-electron chi connectivity index (χ1n) is 6.98. The zero-order chi connectivity index (χ0) is 17.1. The summed E-state index contributed by atoms with van der Waals surface area (Å²) in [6.45, 7) is 0. The van der Waals surface area contributed by atoms with E-state index < -0.39 is 18.2 Å². The van der Waals surface area contributed by atoms with Crippen molar-refractivity contribution in [3.63, 3.8) is 0 Å². The highest BCUT2D eigenvalue weighted by molar-refractivity contribution is 6.42. The molecule has 7 heteroatoms. The molecule has 3 rings (SSSR count). The summed E-state index contributed by atoms with van der Waals surface area (Å²) in [5.41, 5.74) is 0.649. The van der Waals surface area contributed by atoms with Crippen LogP contribution in [0, 0.1) is 0 Å². The second-order valence-corrected chi connectivity index (χ2v) is 5.26. The van der Waals surface area contributed by atoms with Gasteiger partial charge >= 0.3 is 11.9 Å². The Morgan fingerprint density at radius 1 is 1.12 bits per heavy atom. The number of cyclic esters (lactones) is 1. The Morgan fingerprint density at radius 3 is 2.50 bits per heavy atom. The molecule has 0 saturated heterocycles. The Kier molecular flexibility index (Phi) is 4.39. The fourth-order valence-electron chi connectivity index (χ4n) is 2.08. The van der Waals surface area contributed by atoms with Gasteiger partial charge in [0.1, 0.15) is 11.4 Å². The average molecular weight is 346 g/mol. The van der Waals surface area contributed by atoms with Crippen LogP contribution in [0.2, 0.25) is 0 Å². The summed E-state index contributed by atoms with van der Waals surface area (Å²) in [6.07, 6.45) is -1.32. The van der Waals surface area contributed by atoms with Crippen molar-refractivity contribution >= 4 is 29.2 Å². The lowest BCUT2D eigenvalue weighted by atomic mass is 10.2. The number of ether oxygens (including phenoxy) is 2. The Hall–Kier alpha value is -2.99. The molecule has 0 unspecified atom stereocenters. The van der Waals surface area contributed by atoms with Crippen molar-refractivity contribution in [1.29, 1.82) is 0 Å². The molecule has 0 aromatic heterocycles. The number of carbonyl (C=O) groups excluding carboxylic acids is 2. The van der Waals surface area contributed by atoms with E-state index in [9.17, 15) is 14.7 Å². The molecule has 1 aliphatic heterocycles. The van der Waals surface area contributed by atoms with Crippen LogP contribution in [0.15, 0.2) is 65.3 Å². The number of carbonyl (C=O) groups is 2. The van der Waals surface area contributed by atoms with Crippen LogP contribution in [0.25, 0.3) is 0 Å². The summed E-state index contributed by atoms with van der Waals surface area (Å²) in [5.74, 6) is -1.54. The van der Waals surface area contributed by atoms with Crippen LogP contribution in [0.3, 0.4) is 0 Å². The van der Waals surface area contributed by atoms with Gasteiger partial charge in [0.15, 0.2) is 5.03 Å². The maximum absolute atomic E-state index is 12.1. The van der Waals surface area contributed by atoms with E-state index in [0.29, 0.717) is 11.3 Å². The molecular formula is C17H12ClNO5. The Labute approximate surface area is 142 Å². The fourth-order valence-corrected chi connectivity index (χ4v) is 2.26. The lowest BCUT2D eigenvalue weighted by Crippen LogP contribution is -2.24. The molecule has 2 aromatic carbocycles. The van der Waals surface area contributed by atoms with Crippen molar-refractivity contribution in [2.75, 3.05) is 5.32 Å². The van der Waals surface area contributed by atoms with Gasteiger partial charge in [-0.2, -0.15) is 0 Å².